The van der Waals surface area contributed by atoms with Crippen LogP contribution in [0.5, 0.6) is 5.75 Å². The van der Waals surface area contributed by atoms with Crippen LogP contribution in [0.25, 0.3) is 0 Å². The largest absolute Gasteiger partial charge is 0.573 e. The summed E-state index contributed by atoms with van der Waals surface area (Å²) in [7, 11) is -4.21. The van der Waals surface area contributed by atoms with Crippen LogP contribution in [-0.4, -0.2) is 27.9 Å². The van der Waals surface area contributed by atoms with Crippen molar-refractivity contribution < 1.29 is 35.1 Å². The molecular weight excluding hydrogens is 419 g/mol. The van der Waals surface area contributed by atoms with Gasteiger partial charge in [-0.1, -0.05) is 0 Å². The molecule has 11 heteroatoms. The van der Waals surface area contributed by atoms with Crippen LogP contribution < -0.4 is 14.8 Å². The normalized spacial score (nSPS) is 17.1. The summed E-state index contributed by atoms with van der Waals surface area (Å²) in [5.74, 6) is -2.25. The van der Waals surface area contributed by atoms with E-state index in [-0.39, 0.29) is 23.3 Å². The van der Waals surface area contributed by atoms with Crippen molar-refractivity contribution in [3.63, 3.8) is 0 Å². The number of sulfonamides is 1. The van der Waals surface area contributed by atoms with E-state index in [1.54, 1.807) is 0 Å². The number of piperidine rings is 1. The van der Waals surface area contributed by atoms with Crippen LogP contribution in [0.3, 0.4) is 0 Å². The highest BCUT2D eigenvalue weighted by molar-refractivity contribution is 7.89. The summed E-state index contributed by atoms with van der Waals surface area (Å²) >= 11 is 0. The van der Waals surface area contributed by atoms with E-state index in [4.69, 9.17) is 0 Å². The van der Waals surface area contributed by atoms with Crippen LogP contribution in [0.2, 0.25) is 0 Å². The van der Waals surface area contributed by atoms with Gasteiger partial charge < -0.3 is 10.1 Å². The van der Waals surface area contributed by atoms with Crippen LogP contribution in [0, 0.1) is 11.6 Å². The Kier molecular flexibility index (Phi) is 5.84. The summed E-state index contributed by atoms with van der Waals surface area (Å²) in [6, 6.07) is 6.49. The average molecular weight is 436 g/mol. The lowest BCUT2D eigenvalue weighted by atomic mass is 9.82. The molecule has 0 spiro atoms. The second-order valence-corrected chi connectivity index (χ2v) is 8.30. The summed E-state index contributed by atoms with van der Waals surface area (Å²) in [6.07, 6.45) is -4.45. The molecule has 0 aliphatic carbocycles. The predicted molar refractivity (Wildman–Crippen MR) is 93.6 cm³/mol. The molecule has 0 amide bonds. The van der Waals surface area contributed by atoms with Crippen LogP contribution in [0.1, 0.15) is 18.4 Å². The Morgan fingerprint density at radius 1 is 0.966 bits per heavy atom. The van der Waals surface area contributed by atoms with Crippen molar-refractivity contribution in [3.05, 3.63) is 59.7 Å². The molecule has 1 saturated heterocycles. The van der Waals surface area contributed by atoms with E-state index in [2.05, 4.69) is 14.8 Å². The fourth-order valence-corrected chi connectivity index (χ4v) is 4.72. The zero-order valence-corrected chi connectivity index (χ0v) is 15.7. The van der Waals surface area contributed by atoms with Crippen molar-refractivity contribution in [2.24, 2.45) is 0 Å². The van der Waals surface area contributed by atoms with E-state index in [9.17, 15) is 30.4 Å². The molecule has 29 heavy (non-hydrogen) atoms. The van der Waals surface area contributed by atoms with Crippen LogP contribution >= 0.6 is 0 Å². The third-order valence-corrected chi connectivity index (χ3v) is 6.12. The molecule has 2 aromatic carbocycles. The monoisotopic (exact) mass is 436 g/mol. The Morgan fingerprint density at radius 3 is 2.03 bits per heavy atom. The minimum Gasteiger partial charge on any atom is -0.406 e. The smallest absolute Gasteiger partial charge is 0.406 e. The number of benzene rings is 2. The van der Waals surface area contributed by atoms with E-state index in [0.717, 1.165) is 36.4 Å². The molecule has 0 atom stereocenters. The summed E-state index contributed by atoms with van der Waals surface area (Å²) < 4.78 is 96.3. The van der Waals surface area contributed by atoms with Crippen LogP contribution in [0.15, 0.2) is 47.4 Å². The van der Waals surface area contributed by atoms with Crippen molar-refractivity contribution in [1.29, 1.82) is 0 Å². The number of rotatable bonds is 5. The first-order valence-electron chi connectivity index (χ1n) is 8.56. The standard InChI is InChI=1S/C18H17F5N2O3S/c19-13-9-12(10-14(20)11-13)17(5-7-24-8-6-17)25-29(26,27)16-3-1-15(2-4-16)28-18(21,22)23/h1-4,9-11,24-25H,5-8H2. The topological polar surface area (TPSA) is 67.4 Å². The molecule has 2 N–H and O–H groups in total. The van der Waals surface area contributed by atoms with Crippen molar-refractivity contribution in [2.45, 2.75) is 29.6 Å². The second-order valence-electron chi connectivity index (χ2n) is 6.61. The Bertz CT molecular complexity index is 952. The van der Waals surface area contributed by atoms with Crippen molar-refractivity contribution in [1.82, 2.24) is 10.0 Å². The highest BCUT2D eigenvalue weighted by Crippen LogP contribution is 2.34. The Morgan fingerprint density at radius 2 is 1.52 bits per heavy atom. The molecule has 1 aliphatic rings. The van der Waals surface area contributed by atoms with Gasteiger partial charge in [0.05, 0.1) is 10.4 Å². The minimum atomic E-state index is -4.90. The number of ether oxygens (including phenoxy) is 1. The maximum Gasteiger partial charge on any atom is 0.573 e. The lowest BCUT2D eigenvalue weighted by Gasteiger charge is -2.38. The van der Waals surface area contributed by atoms with E-state index in [0.29, 0.717) is 19.2 Å². The Hall–Kier alpha value is -2.24. The lowest BCUT2D eigenvalue weighted by molar-refractivity contribution is -0.274. The zero-order chi connectivity index (χ0) is 21.3. The van der Waals surface area contributed by atoms with Gasteiger partial charge >= 0.3 is 6.36 Å². The molecule has 0 bridgehead atoms. The number of nitrogens with one attached hydrogen (secondary N) is 2. The average Bonchev–Trinajstić information content (AvgIpc) is 2.60. The maximum absolute atomic E-state index is 13.7. The molecule has 0 saturated carbocycles. The SMILES string of the molecule is O=S(=O)(NC1(c2cc(F)cc(F)c2)CCNCC1)c1ccc(OC(F)(F)F)cc1. The van der Waals surface area contributed by atoms with Gasteiger partial charge in [-0.15, -0.1) is 13.2 Å². The van der Waals surface area contributed by atoms with Crippen molar-refractivity contribution in [2.75, 3.05) is 13.1 Å². The van der Waals surface area contributed by atoms with E-state index < -0.39 is 39.3 Å². The number of alkyl halides is 3. The Balaban J connectivity index is 1.92. The van der Waals surface area contributed by atoms with E-state index >= 15 is 0 Å². The van der Waals surface area contributed by atoms with Gasteiger partial charge in [-0.3, -0.25) is 0 Å². The first-order chi connectivity index (χ1) is 13.5. The third kappa shape index (κ3) is 5.22. The molecule has 2 aromatic rings. The molecular formula is C18H17F5N2O3S. The van der Waals surface area contributed by atoms with Crippen molar-refractivity contribution >= 4 is 10.0 Å². The second kappa shape index (κ2) is 7.88. The fraction of sp³-hybridized carbons (Fsp3) is 0.333. The summed E-state index contributed by atoms with van der Waals surface area (Å²) in [5, 5.41) is 3.05. The van der Waals surface area contributed by atoms with Gasteiger partial charge in [0.25, 0.3) is 0 Å². The number of hydrogen-bond acceptors (Lipinski definition) is 4. The summed E-state index contributed by atoms with van der Waals surface area (Å²) in [6.45, 7) is 0.804. The van der Waals surface area contributed by atoms with Gasteiger partial charge in [-0.05, 0) is 67.9 Å². The van der Waals surface area contributed by atoms with Crippen LogP contribution in [-0.2, 0) is 15.6 Å². The quantitative estimate of drug-likeness (QED) is 0.705. The number of hydrogen-bond donors (Lipinski definition) is 2. The van der Waals surface area contributed by atoms with Gasteiger partial charge in [0, 0.05) is 6.07 Å². The minimum absolute atomic E-state index is 0.136. The molecule has 3 rings (SSSR count). The third-order valence-electron chi connectivity index (χ3n) is 4.57. The molecule has 0 unspecified atom stereocenters. The van der Waals surface area contributed by atoms with Gasteiger partial charge in [-0.25, -0.2) is 21.9 Å². The molecule has 1 fully saturated rings. The van der Waals surface area contributed by atoms with Gasteiger partial charge in [0.15, 0.2) is 0 Å². The van der Waals surface area contributed by atoms with Gasteiger partial charge in [0.2, 0.25) is 10.0 Å². The van der Waals surface area contributed by atoms with Crippen LogP contribution in [0.4, 0.5) is 22.0 Å². The lowest BCUT2D eigenvalue weighted by Crippen LogP contribution is -2.52. The molecule has 0 radical (unpaired) electrons. The van der Waals surface area contributed by atoms with Gasteiger partial charge in [0.1, 0.15) is 17.4 Å². The summed E-state index contributed by atoms with van der Waals surface area (Å²) in [5.41, 5.74) is -1.13. The van der Waals surface area contributed by atoms with E-state index in [1.807, 2.05) is 0 Å². The first-order valence-corrected chi connectivity index (χ1v) is 10.0. The van der Waals surface area contributed by atoms with E-state index in [1.165, 1.54) is 0 Å². The highest BCUT2D eigenvalue weighted by Gasteiger charge is 2.39. The first kappa shape index (κ1) is 21.5. The molecule has 0 aromatic heterocycles. The molecule has 1 heterocycles. The predicted octanol–water partition coefficient (Wildman–Crippen LogP) is 3.42. The fourth-order valence-electron chi connectivity index (χ4n) is 3.27. The summed E-state index contributed by atoms with van der Waals surface area (Å²) in [4.78, 5) is -0.304. The van der Waals surface area contributed by atoms with Gasteiger partial charge in [-0.2, -0.15) is 0 Å². The molecule has 1 aliphatic heterocycles. The Labute approximate surface area is 163 Å². The maximum atomic E-state index is 13.7. The molecule has 158 valence electrons. The highest BCUT2D eigenvalue weighted by atomic mass is 32.2. The van der Waals surface area contributed by atoms with Crippen molar-refractivity contribution in [3.8, 4) is 5.75 Å². The molecule has 5 nitrogen and oxygen atoms in total. The number of halogens is 5. The zero-order valence-electron chi connectivity index (χ0n) is 14.9.